The number of ether oxygens (including phenoxy) is 1. The van der Waals surface area contributed by atoms with Gasteiger partial charge in [-0.15, -0.1) is 11.8 Å². The molecule has 0 spiro atoms. The molecule has 0 aliphatic carbocycles. The summed E-state index contributed by atoms with van der Waals surface area (Å²) in [5.41, 5.74) is 0.106. The van der Waals surface area contributed by atoms with E-state index in [1.165, 1.54) is 0 Å². The first kappa shape index (κ1) is 22.9. The van der Waals surface area contributed by atoms with Crippen LogP contribution in [0.25, 0.3) is 10.8 Å². The summed E-state index contributed by atoms with van der Waals surface area (Å²) >= 11 is 5.13. The molecule has 158 valence electrons. The largest absolute Gasteiger partial charge is 0.460 e. The van der Waals surface area contributed by atoms with E-state index in [1.807, 2.05) is 94.4 Å². The molecule has 3 aromatic rings. The van der Waals surface area contributed by atoms with Crippen LogP contribution in [0.2, 0.25) is 0 Å². The first-order chi connectivity index (χ1) is 14.2. The molecule has 0 aliphatic rings. The Kier molecular flexibility index (Phi) is 7.27. The van der Waals surface area contributed by atoms with Gasteiger partial charge in [-0.1, -0.05) is 61.5 Å². The molecule has 0 fully saturated rings. The molecule has 3 rings (SSSR count). The molecule has 30 heavy (non-hydrogen) atoms. The van der Waals surface area contributed by atoms with Gasteiger partial charge in [0, 0.05) is 14.6 Å². The van der Waals surface area contributed by atoms with Gasteiger partial charge in [-0.25, -0.2) is 0 Å². The molecule has 1 N–H and O–H groups in total. The maximum Gasteiger partial charge on any atom is 0.313 e. The third-order valence-electron chi connectivity index (χ3n) is 4.82. The van der Waals surface area contributed by atoms with Crippen LogP contribution in [0.15, 0.2) is 76.1 Å². The van der Waals surface area contributed by atoms with Gasteiger partial charge in [0.15, 0.2) is 0 Å². The summed E-state index contributed by atoms with van der Waals surface area (Å²) in [6.45, 7) is 7.50. The SMILES string of the molecule is C[C@@H](Sc1ccccc1Br)[C@H](C(=O)OC(C)(C)C)[C@H](O)c1cccc2ccccc12. The van der Waals surface area contributed by atoms with Crippen LogP contribution >= 0.6 is 27.7 Å². The van der Waals surface area contributed by atoms with Gasteiger partial charge in [0.2, 0.25) is 0 Å². The zero-order chi connectivity index (χ0) is 21.9. The molecule has 0 saturated carbocycles. The third kappa shape index (κ3) is 5.45. The molecule has 0 heterocycles. The zero-order valence-corrected chi connectivity index (χ0v) is 20.0. The van der Waals surface area contributed by atoms with Crippen molar-refractivity contribution in [1.29, 1.82) is 0 Å². The molecule has 0 unspecified atom stereocenters. The third-order valence-corrected chi connectivity index (χ3v) is 7.05. The summed E-state index contributed by atoms with van der Waals surface area (Å²) in [4.78, 5) is 14.2. The lowest BCUT2D eigenvalue weighted by atomic mass is 9.89. The highest BCUT2D eigenvalue weighted by Crippen LogP contribution is 2.40. The smallest absolute Gasteiger partial charge is 0.313 e. The van der Waals surface area contributed by atoms with Crippen molar-refractivity contribution in [2.45, 2.75) is 49.5 Å². The Bertz CT molecular complexity index is 1020. The first-order valence-electron chi connectivity index (χ1n) is 9.97. The van der Waals surface area contributed by atoms with E-state index in [4.69, 9.17) is 4.74 Å². The molecule has 3 atom stereocenters. The van der Waals surface area contributed by atoms with E-state index in [2.05, 4.69) is 15.9 Å². The summed E-state index contributed by atoms with van der Waals surface area (Å²) in [5, 5.41) is 13.2. The maximum absolute atomic E-state index is 13.2. The first-order valence-corrected chi connectivity index (χ1v) is 11.6. The highest BCUT2D eigenvalue weighted by Gasteiger charge is 2.37. The Hall–Kier alpha value is -1.82. The minimum atomic E-state index is -0.990. The van der Waals surface area contributed by atoms with Gasteiger partial charge in [0.1, 0.15) is 5.60 Å². The van der Waals surface area contributed by atoms with Gasteiger partial charge in [-0.2, -0.15) is 0 Å². The minimum absolute atomic E-state index is 0.215. The average Bonchev–Trinajstić information content (AvgIpc) is 2.68. The minimum Gasteiger partial charge on any atom is -0.460 e. The summed E-state index contributed by atoms with van der Waals surface area (Å²) < 4.78 is 6.68. The van der Waals surface area contributed by atoms with Crippen LogP contribution in [0.4, 0.5) is 0 Å². The van der Waals surface area contributed by atoms with Crippen LogP contribution in [-0.2, 0) is 9.53 Å². The van der Waals surface area contributed by atoms with E-state index in [-0.39, 0.29) is 5.25 Å². The molecule has 0 amide bonds. The molecule has 0 saturated heterocycles. The van der Waals surface area contributed by atoms with Crippen LogP contribution in [0.5, 0.6) is 0 Å². The lowest BCUT2D eigenvalue weighted by molar-refractivity contribution is -0.164. The number of fused-ring (bicyclic) bond motifs is 1. The van der Waals surface area contributed by atoms with Gasteiger partial charge in [-0.3, -0.25) is 4.79 Å². The second-order valence-electron chi connectivity index (χ2n) is 8.33. The van der Waals surface area contributed by atoms with E-state index in [1.54, 1.807) is 11.8 Å². The van der Waals surface area contributed by atoms with Crippen molar-refractivity contribution in [2.24, 2.45) is 5.92 Å². The predicted octanol–water partition coefficient (Wildman–Crippen LogP) is 6.77. The number of benzene rings is 3. The van der Waals surface area contributed by atoms with Gasteiger partial charge >= 0.3 is 5.97 Å². The molecule has 0 aliphatic heterocycles. The molecule has 0 bridgehead atoms. The molecular formula is C25H27BrO3S. The van der Waals surface area contributed by atoms with Crippen molar-refractivity contribution >= 4 is 44.4 Å². The second kappa shape index (κ2) is 9.54. The molecule has 0 radical (unpaired) electrons. The van der Waals surface area contributed by atoms with E-state index >= 15 is 0 Å². The topological polar surface area (TPSA) is 46.5 Å². The molecule has 3 aromatic carbocycles. The van der Waals surface area contributed by atoms with Crippen molar-refractivity contribution < 1.29 is 14.6 Å². The monoisotopic (exact) mass is 486 g/mol. The summed E-state index contributed by atoms with van der Waals surface area (Å²) in [6, 6.07) is 21.6. The Morgan fingerprint density at radius 2 is 1.63 bits per heavy atom. The predicted molar refractivity (Wildman–Crippen MR) is 128 cm³/mol. The van der Waals surface area contributed by atoms with E-state index in [0.717, 1.165) is 25.7 Å². The maximum atomic E-state index is 13.2. The van der Waals surface area contributed by atoms with Crippen LogP contribution < -0.4 is 0 Å². The number of esters is 1. The summed E-state index contributed by atoms with van der Waals surface area (Å²) in [6.07, 6.45) is -0.990. The Morgan fingerprint density at radius 1 is 1.00 bits per heavy atom. The molecule has 0 aromatic heterocycles. The van der Waals surface area contributed by atoms with Crippen LogP contribution in [0, 0.1) is 5.92 Å². The number of rotatable bonds is 6. The standard InChI is InChI=1S/C25H27BrO3S/c1-16(30-21-15-8-7-14-20(21)26)22(24(28)29-25(2,3)4)23(27)19-13-9-11-17-10-5-6-12-18(17)19/h5-16,22-23,27H,1-4H3/t16-,22+,23-/m1/s1. The normalized spacial score (nSPS) is 14.9. The lowest BCUT2D eigenvalue weighted by Gasteiger charge is -2.31. The van der Waals surface area contributed by atoms with Crippen molar-refractivity contribution in [3.63, 3.8) is 0 Å². The van der Waals surface area contributed by atoms with Gasteiger partial charge in [-0.05, 0) is 65.2 Å². The van der Waals surface area contributed by atoms with Crippen molar-refractivity contribution in [2.75, 3.05) is 0 Å². The fourth-order valence-corrected chi connectivity index (χ4v) is 5.17. The molecule has 5 heteroatoms. The Balaban J connectivity index is 1.99. The van der Waals surface area contributed by atoms with E-state index < -0.39 is 23.6 Å². The molecular weight excluding hydrogens is 460 g/mol. The highest BCUT2D eigenvalue weighted by molar-refractivity contribution is 9.10. The number of thioether (sulfide) groups is 1. The van der Waals surface area contributed by atoms with Crippen LogP contribution in [0.1, 0.15) is 39.4 Å². The van der Waals surface area contributed by atoms with E-state index in [9.17, 15) is 9.90 Å². The zero-order valence-electron chi connectivity index (χ0n) is 17.6. The Morgan fingerprint density at radius 3 is 2.33 bits per heavy atom. The van der Waals surface area contributed by atoms with Gasteiger partial charge in [0.25, 0.3) is 0 Å². The summed E-state index contributed by atoms with van der Waals surface area (Å²) in [5.74, 6) is -1.12. The number of aliphatic hydroxyl groups excluding tert-OH is 1. The number of halogens is 1. The van der Waals surface area contributed by atoms with E-state index in [0.29, 0.717) is 0 Å². The number of aliphatic hydroxyl groups is 1. The fourth-order valence-electron chi connectivity index (χ4n) is 3.46. The van der Waals surface area contributed by atoms with Crippen molar-refractivity contribution in [3.05, 3.63) is 76.8 Å². The Labute approximate surface area is 191 Å². The summed E-state index contributed by atoms with van der Waals surface area (Å²) in [7, 11) is 0. The molecule has 3 nitrogen and oxygen atoms in total. The number of carbonyl (C=O) groups excluding carboxylic acids is 1. The van der Waals surface area contributed by atoms with Crippen LogP contribution in [-0.4, -0.2) is 21.9 Å². The van der Waals surface area contributed by atoms with Gasteiger partial charge in [0.05, 0.1) is 12.0 Å². The van der Waals surface area contributed by atoms with Crippen molar-refractivity contribution in [3.8, 4) is 0 Å². The number of hydrogen-bond acceptors (Lipinski definition) is 4. The van der Waals surface area contributed by atoms with Gasteiger partial charge < -0.3 is 9.84 Å². The van der Waals surface area contributed by atoms with Crippen LogP contribution in [0.3, 0.4) is 0 Å². The quantitative estimate of drug-likeness (QED) is 0.308. The average molecular weight is 487 g/mol. The fraction of sp³-hybridized carbons (Fsp3) is 0.320. The number of hydrogen-bond donors (Lipinski definition) is 1. The second-order valence-corrected chi connectivity index (χ2v) is 10.6. The van der Waals surface area contributed by atoms with Crippen molar-refractivity contribution in [1.82, 2.24) is 0 Å². The lowest BCUT2D eigenvalue weighted by Crippen LogP contribution is -2.36. The highest BCUT2D eigenvalue weighted by atomic mass is 79.9. The number of carbonyl (C=O) groups is 1.